The highest BCUT2D eigenvalue weighted by Crippen LogP contribution is 2.24. The number of nitrogens with zero attached hydrogens (tertiary/aromatic N) is 2. The maximum absolute atomic E-state index is 13.3. The van der Waals surface area contributed by atoms with Gasteiger partial charge >= 0.3 is 18.1 Å². The number of carboxylic acid groups (broad SMARTS) is 2. The predicted octanol–water partition coefficient (Wildman–Crippen LogP) is 1.78. The van der Waals surface area contributed by atoms with E-state index in [1.807, 2.05) is 0 Å². The van der Waals surface area contributed by atoms with Gasteiger partial charge in [0.15, 0.2) is 0 Å². The summed E-state index contributed by atoms with van der Waals surface area (Å²) in [4.78, 5) is 36.9. The fourth-order valence-electron chi connectivity index (χ4n) is 3.68. The van der Waals surface area contributed by atoms with E-state index in [0.29, 0.717) is 31.7 Å². The normalized spacial score (nSPS) is 21.9. The molecule has 0 bridgehead atoms. The maximum Gasteiger partial charge on any atom is 0.490 e. The van der Waals surface area contributed by atoms with Gasteiger partial charge in [0.2, 0.25) is 5.91 Å². The van der Waals surface area contributed by atoms with Gasteiger partial charge < -0.3 is 19.8 Å². The zero-order chi connectivity index (χ0) is 23.9. The molecule has 0 saturated carbocycles. The molecular weight excluding hydrogens is 440 g/mol. The number of carbonyl (C=O) groups is 3. The monoisotopic (exact) mass is 464 g/mol. The average Bonchev–Trinajstić information content (AvgIpc) is 2.73. The molecule has 0 aromatic heterocycles. The highest BCUT2D eigenvalue weighted by atomic mass is 19.4. The van der Waals surface area contributed by atoms with Gasteiger partial charge in [0.1, 0.15) is 11.9 Å². The SMILES string of the molecule is O=C(O)C(F)(F)F.O=C(O)C1CC(N2CCOCC2)CCN1C(=O)Cc1cccc(F)c1. The van der Waals surface area contributed by atoms with Crippen LogP contribution in [0.3, 0.4) is 0 Å². The number of aliphatic carboxylic acids is 2. The molecule has 0 spiro atoms. The summed E-state index contributed by atoms with van der Waals surface area (Å²) in [6.07, 6.45) is -3.90. The van der Waals surface area contributed by atoms with Gasteiger partial charge in [0, 0.05) is 25.7 Å². The summed E-state index contributed by atoms with van der Waals surface area (Å²) in [6.45, 7) is 3.34. The maximum atomic E-state index is 13.3. The lowest BCUT2D eigenvalue weighted by Gasteiger charge is -2.43. The van der Waals surface area contributed by atoms with E-state index in [4.69, 9.17) is 14.6 Å². The van der Waals surface area contributed by atoms with E-state index in [1.54, 1.807) is 12.1 Å². The van der Waals surface area contributed by atoms with Gasteiger partial charge in [-0.2, -0.15) is 13.2 Å². The molecule has 1 aromatic carbocycles. The molecule has 1 amide bonds. The topological polar surface area (TPSA) is 107 Å². The minimum absolute atomic E-state index is 0.0176. The lowest BCUT2D eigenvalue weighted by Crippen LogP contribution is -2.56. The molecule has 8 nitrogen and oxygen atoms in total. The quantitative estimate of drug-likeness (QED) is 0.654. The first kappa shape index (κ1) is 25.5. The van der Waals surface area contributed by atoms with Gasteiger partial charge in [-0.3, -0.25) is 9.69 Å². The zero-order valence-corrected chi connectivity index (χ0v) is 17.1. The van der Waals surface area contributed by atoms with E-state index in [2.05, 4.69) is 4.90 Å². The summed E-state index contributed by atoms with van der Waals surface area (Å²) in [5.41, 5.74) is 0.560. The van der Waals surface area contributed by atoms with Gasteiger partial charge in [-0.25, -0.2) is 14.0 Å². The lowest BCUT2D eigenvalue weighted by atomic mass is 9.94. The Bertz CT molecular complexity index is 814. The van der Waals surface area contributed by atoms with Gasteiger partial charge in [0.05, 0.1) is 19.6 Å². The zero-order valence-electron chi connectivity index (χ0n) is 17.1. The number of morpholine rings is 1. The van der Waals surface area contributed by atoms with Gasteiger partial charge in [-0.05, 0) is 30.5 Å². The van der Waals surface area contributed by atoms with Crippen molar-refractivity contribution in [1.29, 1.82) is 0 Å². The van der Waals surface area contributed by atoms with Crippen LogP contribution >= 0.6 is 0 Å². The fourth-order valence-corrected chi connectivity index (χ4v) is 3.68. The Morgan fingerprint density at radius 1 is 1.09 bits per heavy atom. The molecule has 2 saturated heterocycles. The Kier molecular flexibility index (Phi) is 8.96. The molecule has 2 aliphatic heterocycles. The van der Waals surface area contributed by atoms with Crippen LogP contribution in [-0.4, -0.2) is 89.0 Å². The number of likely N-dealkylation sites (tertiary alicyclic amines) is 1. The Morgan fingerprint density at radius 2 is 1.72 bits per heavy atom. The third kappa shape index (κ3) is 7.45. The number of alkyl halides is 3. The van der Waals surface area contributed by atoms with Gasteiger partial charge in [0.25, 0.3) is 0 Å². The van der Waals surface area contributed by atoms with Crippen LogP contribution < -0.4 is 0 Å². The van der Waals surface area contributed by atoms with Crippen LogP contribution in [-0.2, 0) is 25.5 Å². The molecule has 3 rings (SSSR count). The second kappa shape index (κ2) is 11.2. The number of benzene rings is 1. The van der Waals surface area contributed by atoms with Crippen molar-refractivity contribution < 1.29 is 46.9 Å². The van der Waals surface area contributed by atoms with E-state index in [9.17, 15) is 32.3 Å². The van der Waals surface area contributed by atoms with E-state index in [1.165, 1.54) is 17.0 Å². The molecule has 0 aliphatic carbocycles. The van der Waals surface area contributed by atoms with Crippen molar-refractivity contribution in [3.05, 3.63) is 35.6 Å². The van der Waals surface area contributed by atoms with E-state index < -0.39 is 30.0 Å². The highest BCUT2D eigenvalue weighted by Gasteiger charge is 2.39. The van der Waals surface area contributed by atoms with Gasteiger partial charge in [-0.15, -0.1) is 0 Å². The molecule has 12 heteroatoms. The minimum atomic E-state index is -5.08. The summed E-state index contributed by atoms with van der Waals surface area (Å²) in [5.74, 6) is -4.40. The molecule has 2 heterocycles. The van der Waals surface area contributed by atoms with Crippen LogP contribution in [0.2, 0.25) is 0 Å². The number of carboxylic acids is 2. The summed E-state index contributed by atoms with van der Waals surface area (Å²) in [5, 5.41) is 16.7. The van der Waals surface area contributed by atoms with Crippen molar-refractivity contribution in [3.8, 4) is 0 Å². The molecule has 32 heavy (non-hydrogen) atoms. The summed E-state index contributed by atoms with van der Waals surface area (Å²) < 4.78 is 50.4. The average molecular weight is 464 g/mol. The van der Waals surface area contributed by atoms with E-state index >= 15 is 0 Å². The molecule has 2 unspecified atom stereocenters. The molecule has 1 aromatic rings. The van der Waals surface area contributed by atoms with Crippen molar-refractivity contribution in [3.63, 3.8) is 0 Å². The van der Waals surface area contributed by atoms with Crippen LogP contribution in [0.5, 0.6) is 0 Å². The number of amides is 1. The summed E-state index contributed by atoms with van der Waals surface area (Å²) in [6, 6.07) is 5.19. The Hall–Kier alpha value is -2.73. The van der Waals surface area contributed by atoms with E-state index in [0.717, 1.165) is 19.5 Å². The van der Waals surface area contributed by atoms with Crippen molar-refractivity contribution in [2.45, 2.75) is 37.5 Å². The molecule has 2 aliphatic rings. The predicted molar refractivity (Wildman–Crippen MR) is 102 cm³/mol. The largest absolute Gasteiger partial charge is 0.490 e. The number of hydrogen-bond acceptors (Lipinski definition) is 5. The third-order valence-electron chi connectivity index (χ3n) is 5.23. The second-order valence-corrected chi connectivity index (χ2v) is 7.38. The third-order valence-corrected chi connectivity index (χ3v) is 5.23. The van der Waals surface area contributed by atoms with Crippen molar-refractivity contribution in [2.75, 3.05) is 32.8 Å². The Labute approximate surface area is 181 Å². The molecular formula is C20H24F4N2O6. The van der Waals surface area contributed by atoms with Crippen LogP contribution in [0.15, 0.2) is 24.3 Å². The Morgan fingerprint density at radius 3 is 2.25 bits per heavy atom. The first-order chi connectivity index (χ1) is 15.0. The number of carbonyl (C=O) groups excluding carboxylic acids is 1. The van der Waals surface area contributed by atoms with Crippen molar-refractivity contribution in [1.82, 2.24) is 9.80 Å². The second-order valence-electron chi connectivity index (χ2n) is 7.38. The smallest absolute Gasteiger partial charge is 0.480 e. The minimum Gasteiger partial charge on any atom is -0.480 e. The first-order valence-corrected chi connectivity index (χ1v) is 9.87. The summed E-state index contributed by atoms with van der Waals surface area (Å²) >= 11 is 0. The van der Waals surface area contributed by atoms with Crippen LogP contribution in [0.1, 0.15) is 18.4 Å². The molecule has 2 fully saturated rings. The number of halogens is 4. The van der Waals surface area contributed by atoms with Crippen LogP contribution in [0.4, 0.5) is 17.6 Å². The molecule has 2 atom stereocenters. The number of piperidine rings is 1. The molecule has 2 N–H and O–H groups in total. The molecule has 0 radical (unpaired) electrons. The van der Waals surface area contributed by atoms with Crippen molar-refractivity contribution >= 4 is 17.8 Å². The Balaban J connectivity index is 0.000000451. The number of hydrogen-bond donors (Lipinski definition) is 2. The van der Waals surface area contributed by atoms with E-state index in [-0.39, 0.29) is 18.4 Å². The lowest BCUT2D eigenvalue weighted by molar-refractivity contribution is -0.192. The highest BCUT2D eigenvalue weighted by molar-refractivity contribution is 5.85. The fraction of sp³-hybridized carbons (Fsp3) is 0.550. The summed E-state index contributed by atoms with van der Waals surface area (Å²) in [7, 11) is 0. The first-order valence-electron chi connectivity index (χ1n) is 9.87. The molecule has 178 valence electrons. The van der Waals surface area contributed by atoms with Crippen LogP contribution in [0.25, 0.3) is 0 Å². The number of rotatable bonds is 4. The van der Waals surface area contributed by atoms with Gasteiger partial charge in [-0.1, -0.05) is 12.1 Å². The number of ether oxygens (including phenoxy) is 1. The van der Waals surface area contributed by atoms with Crippen molar-refractivity contribution in [2.24, 2.45) is 0 Å². The standard InChI is InChI=1S/C18H23FN2O4.C2HF3O2/c19-14-3-1-2-13(10-14)11-17(22)21-5-4-15(12-16(21)18(23)24)20-6-8-25-9-7-20;3-2(4,5)1(6)7/h1-3,10,15-16H,4-9,11-12H2,(H,23,24);(H,6,7). The van der Waals surface area contributed by atoms with Crippen LogP contribution in [0, 0.1) is 5.82 Å².